The normalized spacial score (nSPS) is 26.1. The molecule has 134 valence electrons. The maximum atomic E-state index is 10.4. The fourth-order valence-electron chi connectivity index (χ4n) is 3.97. The summed E-state index contributed by atoms with van der Waals surface area (Å²) in [4.78, 5) is 2.42. The summed E-state index contributed by atoms with van der Waals surface area (Å²) in [5.41, 5.74) is 4.15. The van der Waals surface area contributed by atoms with Crippen LogP contribution < -0.4 is 0 Å². The molecule has 4 nitrogen and oxygen atoms in total. The number of rotatable bonds is 7. The summed E-state index contributed by atoms with van der Waals surface area (Å²) in [6.07, 6.45) is 4.37. The van der Waals surface area contributed by atoms with Crippen molar-refractivity contribution in [1.82, 2.24) is 4.90 Å². The van der Waals surface area contributed by atoms with Crippen molar-refractivity contribution in [3.05, 3.63) is 34.9 Å². The van der Waals surface area contributed by atoms with Gasteiger partial charge in [0.05, 0.1) is 25.4 Å². The van der Waals surface area contributed by atoms with Gasteiger partial charge in [0.25, 0.3) is 0 Å². The van der Waals surface area contributed by atoms with Crippen molar-refractivity contribution in [1.29, 1.82) is 0 Å². The Labute approximate surface area is 145 Å². The molecule has 2 heterocycles. The highest BCUT2D eigenvalue weighted by Gasteiger charge is 2.29. The van der Waals surface area contributed by atoms with Crippen molar-refractivity contribution in [2.45, 2.75) is 57.8 Å². The molecule has 0 amide bonds. The molecule has 3 unspecified atom stereocenters. The molecule has 3 rings (SSSR count). The quantitative estimate of drug-likeness (QED) is 0.833. The highest BCUT2D eigenvalue weighted by atomic mass is 16.5. The summed E-state index contributed by atoms with van der Waals surface area (Å²) >= 11 is 0. The number of aliphatic hydroxyl groups excluding tert-OH is 1. The average Bonchev–Trinajstić information content (AvgIpc) is 3.22. The Bertz CT molecular complexity index is 528. The van der Waals surface area contributed by atoms with E-state index in [1.807, 2.05) is 0 Å². The summed E-state index contributed by atoms with van der Waals surface area (Å²) < 4.78 is 11.2. The van der Waals surface area contributed by atoms with E-state index < -0.39 is 6.10 Å². The number of benzene rings is 1. The van der Waals surface area contributed by atoms with Crippen LogP contribution in [0.1, 0.15) is 48.4 Å². The van der Waals surface area contributed by atoms with Gasteiger partial charge in [0, 0.05) is 19.2 Å². The zero-order valence-electron chi connectivity index (χ0n) is 15.0. The molecule has 1 N–H and O–H groups in total. The van der Waals surface area contributed by atoms with Crippen molar-refractivity contribution in [2.24, 2.45) is 0 Å². The van der Waals surface area contributed by atoms with Gasteiger partial charge in [-0.05, 0) is 62.8 Å². The molecule has 0 aromatic heterocycles. The molecule has 4 heteroatoms. The number of nitrogens with zero attached hydrogens (tertiary/aromatic N) is 1. The Morgan fingerprint density at radius 3 is 2.96 bits per heavy atom. The van der Waals surface area contributed by atoms with E-state index in [1.165, 1.54) is 29.5 Å². The van der Waals surface area contributed by atoms with E-state index >= 15 is 0 Å². The van der Waals surface area contributed by atoms with Gasteiger partial charge < -0.3 is 14.6 Å². The van der Waals surface area contributed by atoms with Crippen molar-refractivity contribution in [3.8, 4) is 0 Å². The smallest absolute Gasteiger partial charge is 0.0900 e. The van der Waals surface area contributed by atoms with Gasteiger partial charge in [-0.3, -0.25) is 4.90 Å². The Kier molecular flexibility index (Phi) is 6.28. The zero-order valence-corrected chi connectivity index (χ0v) is 15.0. The number of hydrogen-bond acceptors (Lipinski definition) is 4. The van der Waals surface area contributed by atoms with E-state index in [0.717, 1.165) is 26.0 Å². The Hall–Kier alpha value is -0.940. The van der Waals surface area contributed by atoms with Crippen LogP contribution in [0, 0.1) is 13.8 Å². The minimum Gasteiger partial charge on any atom is -0.389 e. The van der Waals surface area contributed by atoms with Gasteiger partial charge in [0.2, 0.25) is 0 Å². The number of β-amino-alcohol motifs (C(OH)–C–C–N with tert-alkyl or cyclic N) is 1. The molecule has 24 heavy (non-hydrogen) atoms. The van der Waals surface area contributed by atoms with Crippen LogP contribution in [0.4, 0.5) is 0 Å². The second-order valence-electron chi connectivity index (χ2n) is 7.27. The molecule has 1 aromatic carbocycles. The van der Waals surface area contributed by atoms with Gasteiger partial charge in [-0.25, -0.2) is 0 Å². The minimum absolute atomic E-state index is 0.228. The molecule has 2 fully saturated rings. The van der Waals surface area contributed by atoms with Crippen LogP contribution >= 0.6 is 0 Å². The van der Waals surface area contributed by atoms with E-state index in [-0.39, 0.29) is 6.10 Å². The van der Waals surface area contributed by atoms with Crippen molar-refractivity contribution >= 4 is 0 Å². The molecule has 0 radical (unpaired) electrons. The van der Waals surface area contributed by atoms with Crippen molar-refractivity contribution in [3.63, 3.8) is 0 Å². The van der Waals surface area contributed by atoms with Gasteiger partial charge in [-0.1, -0.05) is 18.2 Å². The van der Waals surface area contributed by atoms with Gasteiger partial charge in [0.15, 0.2) is 0 Å². The molecule has 0 bridgehead atoms. The number of hydrogen-bond donors (Lipinski definition) is 1. The fraction of sp³-hybridized carbons (Fsp3) is 0.700. The first-order chi connectivity index (χ1) is 11.6. The molecule has 1 aromatic rings. The monoisotopic (exact) mass is 333 g/mol. The largest absolute Gasteiger partial charge is 0.389 e. The molecule has 2 aliphatic heterocycles. The molecule has 3 atom stereocenters. The van der Waals surface area contributed by atoms with Gasteiger partial charge >= 0.3 is 0 Å². The zero-order chi connectivity index (χ0) is 16.9. The van der Waals surface area contributed by atoms with Crippen LogP contribution in [0.25, 0.3) is 0 Å². The molecular weight excluding hydrogens is 302 g/mol. The summed E-state index contributed by atoms with van der Waals surface area (Å²) in [7, 11) is 0. The van der Waals surface area contributed by atoms with Crippen LogP contribution in [0.2, 0.25) is 0 Å². The molecule has 0 saturated carbocycles. The highest BCUT2D eigenvalue weighted by molar-refractivity contribution is 5.35. The average molecular weight is 333 g/mol. The fourth-order valence-corrected chi connectivity index (χ4v) is 3.97. The summed E-state index contributed by atoms with van der Waals surface area (Å²) in [5.74, 6) is 0. The molecule has 2 saturated heterocycles. The Morgan fingerprint density at radius 1 is 1.29 bits per heavy atom. The van der Waals surface area contributed by atoms with E-state index in [9.17, 15) is 5.11 Å². The third-order valence-corrected chi connectivity index (χ3v) is 5.45. The first kappa shape index (κ1) is 17.9. The second-order valence-corrected chi connectivity index (χ2v) is 7.27. The lowest BCUT2D eigenvalue weighted by molar-refractivity contribution is -0.0261. The predicted molar refractivity (Wildman–Crippen MR) is 95.3 cm³/mol. The van der Waals surface area contributed by atoms with Crippen LogP contribution in [-0.4, -0.2) is 55.1 Å². The van der Waals surface area contributed by atoms with Gasteiger partial charge in [-0.2, -0.15) is 0 Å². The van der Waals surface area contributed by atoms with Gasteiger partial charge in [-0.15, -0.1) is 0 Å². The third-order valence-electron chi connectivity index (χ3n) is 5.45. The Morgan fingerprint density at radius 2 is 2.17 bits per heavy atom. The Balaban J connectivity index is 1.50. The lowest BCUT2D eigenvalue weighted by atomic mass is 9.96. The van der Waals surface area contributed by atoms with E-state index in [1.54, 1.807) is 0 Å². The molecule has 0 aliphatic carbocycles. The van der Waals surface area contributed by atoms with Crippen LogP contribution in [0.15, 0.2) is 18.2 Å². The minimum atomic E-state index is -0.433. The first-order valence-corrected chi connectivity index (χ1v) is 9.32. The topological polar surface area (TPSA) is 41.9 Å². The van der Waals surface area contributed by atoms with Gasteiger partial charge in [0.1, 0.15) is 0 Å². The molecular formula is C20H31NO3. The lowest BCUT2D eigenvalue weighted by Gasteiger charge is -2.28. The highest BCUT2D eigenvalue weighted by Crippen LogP contribution is 2.34. The van der Waals surface area contributed by atoms with Crippen molar-refractivity contribution in [2.75, 3.05) is 32.9 Å². The third kappa shape index (κ3) is 4.37. The SMILES string of the molecule is Cc1cccc(C2CCCN2CC(O)COCC2CCCO2)c1C. The number of aliphatic hydroxyl groups is 1. The standard InChI is InChI=1S/C20H31NO3/c1-15-6-3-8-19(16(15)2)20-9-4-10-21(20)12-17(22)13-23-14-18-7-5-11-24-18/h3,6,8,17-18,20,22H,4-5,7,9-14H2,1-2H3. The van der Waals surface area contributed by atoms with E-state index in [0.29, 0.717) is 25.8 Å². The lowest BCUT2D eigenvalue weighted by Crippen LogP contribution is -2.35. The number of ether oxygens (including phenoxy) is 2. The van der Waals surface area contributed by atoms with Crippen molar-refractivity contribution < 1.29 is 14.6 Å². The summed E-state index contributed by atoms with van der Waals surface area (Å²) in [5, 5.41) is 10.4. The van der Waals surface area contributed by atoms with E-state index in [2.05, 4.69) is 36.9 Å². The predicted octanol–water partition coefficient (Wildman–Crippen LogP) is 3.00. The van der Waals surface area contributed by atoms with Crippen LogP contribution in [0.5, 0.6) is 0 Å². The summed E-state index contributed by atoms with van der Waals surface area (Å²) in [6, 6.07) is 6.99. The number of aryl methyl sites for hydroxylation is 1. The van der Waals surface area contributed by atoms with Crippen LogP contribution in [0.3, 0.4) is 0 Å². The molecule has 0 spiro atoms. The van der Waals surface area contributed by atoms with E-state index in [4.69, 9.17) is 9.47 Å². The maximum absolute atomic E-state index is 10.4. The van der Waals surface area contributed by atoms with Crippen LogP contribution in [-0.2, 0) is 9.47 Å². The first-order valence-electron chi connectivity index (χ1n) is 9.32. The number of likely N-dealkylation sites (tertiary alicyclic amines) is 1. The molecule has 2 aliphatic rings. The summed E-state index contributed by atoms with van der Waals surface area (Å²) in [6.45, 7) is 7.98. The second kappa shape index (κ2) is 8.43. The maximum Gasteiger partial charge on any atom is 0.0900 e.